The summed E-state index contributed by atoms with van der Waals surface area (Å²) in [4.78, 5) is 48.9. The summed E-state index contributed by atoms with van der Waals surface area (Å²) >= 11 is 1.47. The van der Waals surface area contributed by atoms with Crippen LogP contribution in [0.4, 0.5) is 9.18 Å². The minimum absolute atomic E-state index is 0.00306. The van der Waals surface area contributed by atoms with Crippen molar-refractivity contribution >= 4 is 29.2 Å². The summed E-state index contributed by atoms with van der Waals surface area (Å²) in [6, 6.07) is 12.6. The summed E-state index contributed by atoms with van der Waals surface area (Å²) in [5.41, 5.74) is 0.0159. The van der Waals surface area contributed by atoms with E-state index in [-0.39, 0.29) is 30.1 Å². The van der Waals surface area contributed by atoms with Gasteiger partial charge in [-0.15, -0.1) is 11.3 Å². The van der Waals surface area contributed by atoms with Crippen LogP contribution in [0.15, 0.2) is 60.9 Å². The van der Waals surface area contributed by atoms with Gasteiger partial charge in [-0.25, -0.2) is 9.18 Å². The average molecular weight is 493 g/mol. The molecule has 0 bridgehead atoms. The van der Waals surface area contributed by atoms with Gasteiger partial charge in [0.05, 0.1) is 11.4 Å². The number of urea groups is 1. The third-order valence-electron chi connectivity index (χ3n) is 6.85. The van der Waals surface area contributed by atoms with E-state index in [0.717, 1.165) is 4.88 Å². The molecule has 4 heterocycles. The van der Waals surface area contributed by atoms with E-state index in [0.29, 0.717) is 41.9 Å². The molecule has 2 aromatic heterocycles. The summed E-state index contributed by atoms with van der Waals surface area (Å²) in [5, 5.41) is 2.99. The highest BCUT2D eigenvalue weighted by molar-refractivity contribution is 7.13. The summed E-state index contributed by atoms with van der Waals surface area (Å²) in [6.45, 7) is 2.99. The van der Waals surface area contributed by atoms with Gasteiger partial charge in [-0.05, 0) is 61.6 Å². The molecule has 2 saturated heterocycles. The second-order valence-electron chi connectivity index (χ2n) is 8.97. The number of rotatable bonds is 5. The number of thiophene rings is 1. The number of nitrogens with one attached hydrogen (secondary N) is 1. The van der Waals surface area contributed by atoms with E-state index in [1.54, 1.807) is 36.7 Å². The Morgan fingerprint density at radius 3 is 2.51 bits per heavy atom. The first kappa shape index (κ1) is 23.2. The number of carbonyl (C=O) groups excluding carboxylic acids is 3. The van der Waals surface area contributed by atoms with Crippen molar-refractivity contribution in [3.05, 3.63) is 87.6 Å². The van der Waals surface area contributed by atoms with Crippen LogP contribution in [0.1, 0.15) is 38.5 Å². The maximum atomic E-state index is 13.9. The van der Waals surface area contributed by atoms with Crippen molar-refractivity contribution in [2.45, 2.75) is 31.8 Å². The molecule has 1 aromatic carbocycles. The number of nitrogens with zero attached hydrogens (tertiary/aromatic N) is 3. The number of imide groups is 1. The predicted molar refractivity (Wildman–Crippen MR) is 129 cm³/mol. The SMILES string of the molecule is Cc1ccc(C(=O)N2CCC([C@]3(c4cccnc4)NC(=O)N(Cc4ccc(F)cc4)C3=O)CC2)s1. The smallest absolute Gasteiger partial charge is 0.325 e. The molecule has 4 amide bonds. The number of amides is 4. The van der Waals surface area contributed by atoms with E-state index in [4.69, 9.17) is 0 Å². The molecule has 2 aliphatic rings. The van der Waals surface area contributed by atoms with Crippen LogP contribution in [0.3, 0.4) is 0 Å². The lowest BCUT2D eigenvalue weighted by Gasteiger charge is -2.41. The normalized spacial score (nSPS) is 20.9. The zero-order valence-electron chi connectivity index (χ0n) is 19.2. The molecule has 2 fully saturated rings. The third-order valence-corrected chi connectivity index (χ3v) is 7.84. The monoisotopic (exact) mass is 492 g/mol. The number of hydrogen-bond acceptors (Lipinski definition) is 5. The average Bonchev–Trinajstić information content (AvgIpc) is 3.42. The minimum atomic E-state index is -1.26. The van der Waals surface area contributed by atoms with Gasteiger partial charge in [-0.1, -0.05) is 18.2 Å². The standard InChI is InChI=1S/C26H25FN4O3S/c1-17-4-9-22(35-17)23(32)30-13-10-19(11-14-30)26(20-3-2-12-28-15-20)24(33)31(25(34)29-26)16-18-5-7-21(27)8-6-18/h2-9,12,15,19H,10-11,13-14,16H2,1H3,(H,29,34)/t26-/m1/s1. The first-order valence-corrected chi connectivity index (χ1v) is 12.3. The predicted octanol–water partition coefficient (Wildman–Crippen LogP) is 4.09. The molecule has 180 valence electrons. The Balaban J connectivity index is 1.40. The Labute approximate surface area is 206 Å². The molecule has 0 unspecified atom stereocenters. The maximum absolute atomic E-state index is 13.9. The lowest BCUT2D eigenvalue weighted by atomic mass is 9.73. The topological polar surface area (TPSA) is 82.6 Å². The molecule has 0 saturated carbocycles. The molecule has 0 spiro atoms. The minimum Gasteiger partial charge on any atom is -0.338 e. The molecule has 3 aromatic rings. The van der Waals surface area contributed by atoms with Crippen LogP contribution in [0.2, 0.25) is 0 Å². The van der Waals surface area contributed by atoms with Gasteiger partial charge in [0.25, 0.3) is 11.8 Å². The number of halogens is 1. The molecule has 1 atom stereocenters. The Morgan fingerprint density at radius 2 is 1.89 bits per heavy atom. The lowest BCUT2D eigenvalue weighted by molar-refractivity contribution is -0.134. The summed E-state index contributed by atoms with van der Waals surface area (Å²) in [6.07, 6.45) is 4.35. The van der Waals surface area contributed by atoms with E-state index in [2.05, 4.69) is 10.3 Å². The van der Waals surface area contributed by atoms with E-state index in [1.165, 1.54) is 28.4 Å². The van der Waals surface area contributed by atoms with Crippen LogP contribution in [-0.2, 0) is 16.9 Å². The first-order valence-electron chi connectivity index (χ1n) is 11.5. The number of benzene rings is 1. The number of piperidine rings is 1. The number of aryl methyl sites for hydroxylation is 1. The number of pyridine rings is 1. The lowest BCUT2D eigenvalue weighted by Crippen LogP contribution is -2.54. The van der Waals surface area contributed by atoms with Gasteiger partial charge in [-0.3, -0.25) is 19.5 Å². The summed E-state index contributed by atoms with van der Waals surface area (Å²) in [5.74, 6) is -0.944. The van der Waals surface area contributed by atoms with Crippen molar-refractivity contribution in [3.8, 4) is 0 Å². The maximum Gasteiger partial charge on any atom is 0.325 e. The van der Waals surface area contributed by atoms with Gasteiger partial charge in [-0.2, -0.15) is 0 Å². The molecule has 9 heteroatoms. The fraction of sp³-hybridized carbons (Fsp3) is 0.308. The number of carbonyl (C=O) groups is 3. The van der Waals surface area contributed by atoms with Crippen LogP contribution in [-0.4, -0.2) is 45.7 Å². The van der Waals surface area contributed by atoms with Gasteiger partial charge in [0.2, 0.25) is 0 Å². The first-order chi connectivity index (χ1) is 16.9. The molecule has 1 N–H and O–H groups in total. The second-order valence-corrected chi connectivity index (χ2v) is 10.3. The highest BCUT2D eigenvalue weighted by Crippen LogP contribution is 2.42. The Bertz CT molecular complexity index is 1260. The molecule has 5 rings (SSSR count). The third kappa shape index (κ3) is 4.20. The summed E-state index contributed by atoms with van der Waals surface area (Å²) in [7, 11) is 0. The van der Waals surface area contributed by atoms with Crippen LogP contribution in [0.5, 0.6) is 0 Å². The van der Waals surface area contributed by atoms with Crippen molar-refractivity contribution in [3.63, 3.8) is 0 Å². The molecular weight excluding hydrogens is 467 g/mol. The molecule has 0 aliphatic carbocycles. The highest BCUT2D eigenvalue weighted by atomic mass is 32.1. The van der Waals surface area contributed by atoms with Crippen LogP contribution < -0.4 is 5.32 Å². The van der Waals surface area contributed by atoms with Gasteiger partial charge in [0.1, 0.15) is 5.82 Å². The Hall–Kier alpha value is -3.59. The Kier molecular flexibility index (Phi) is 6.10. The van der Waals surface area contributed by atoms with Gasteiger partial charge < -0.3 is 10.2 Å². The van der Waals surface area contributed by atoms with E-state index < -0.39 is 11.6 Å². The molecule has 35 heavy (non-hydrogen) atoms. The number of aromatic nitrogens is 1. The van der Waals surface area contributed by atoms with Crippen LogP contribution in [0, 0.1) is 18.7 Å². The van der Waals surface area contributed by atoms with Crippen molar-refractivity contribution in [1.82, 2.24) is 20.1 Å². The molecular formula is C26H25FN4O3S. The summed E-state index contributed by atoms with van der Waals surface area (Å²) < 4.78 is 13.3. The second kappa shape index (κ2) is 9.22. The van der Waals surface area contributed by atoms with Crippen molar-refractivity contribution in [1.29, 1.82) is 0 Å². The fourth-order valence-corrected chi connectivity index (χ4v) is 5.87. The highest BCUT2D eigenvalue weighted by Gasteiger charge is 2.57. The van der Waals surface area contributed by atoms with Gasteiger partial charge in [0, 0.05) is 35.9 Å². The van der Waals surface area contributed by atoms with E-state index in [1.807, 2.05) is 24.0 Å². The van der Waals surface area contributed by atoms with Gasteiger partial charge in [0.15, 0.2) is 5.54 Å². The largest absolute Gasteiger partial charge is 0.338 e. The van der Waals surface area contributed by atoms with Crippen molar-refractivity contribution < 1.29 is 18.8 Å². The molecule has 2 aliphatic heterocycles. The number of likely N-dealkylation sites (tertiary alicyclic amines) is 1. The van der Waals surface area contributed by atoms with Gasteiger partial charge >= 0.3 is 6.03 Å². The van der Waals surface area contributed by atoms with Crippen LogP contribution in [0.25, 0.3) is 0 Å². The van der Waals surface area contributed by atoms with E-state index >= 15 is 0 Å². The molecule has 0 radical (unpaired) electrons. The van der Waals surface area contributed by atoms with Crippen molar-refractivity contribution in [2.75, 3.05) is 13.1 Å². The Morgan fingerprint density at radius 1 is 1.14 bits per heavy atom. The molecule has 7 nitrogen and oxygen atoms in total. The van der Waals surface area contributed by atoms with Crippen molar-refractivity contribution in [2.24, 2.45) is 5.92 Å². The number of hydrogen-bond donors (Lipinski definition) is 1. The zero-order chi connectivity index (χ0) is 24.6. The quantitative estimate of drug-likeness (QED) is 0.544. The zero-order valence-corrected chi connectivity index (χ0v) is 20.1. The fourth-order valence-electron chi connectivity index (χ4n) is 5.04. The van der Waals surface area contributed by atoms with E-state index in [9.17, 15) is 18.8 Å². The van der Waals surface area contributed by atoms with Crippen LogP contribution >= 0.6 is 11.3 Å².